The molecule has 1 aliphatic rings. The summed E-state index contributed by atoms with van der Waals surface area (Å²) in [5.74, 6) is -5.71. The number of rotatable bonds is 15. The number of aryl methyl sites for hydroxylation is 1. The van der Waals surface area contributed by atoms with E-state index in [0.29, 0.717) is 24.1 Å². The molecule has 0 aliphatic heterocycles. The fourth-order valence-electron chi connectivity index (χ4n) is 7.27. The summed E-state index contributed by atoms with van der Waals surface area (Å²) in [5, 5.41) is 20.9. The van der Waals surface area contributed by atoms with Crippen LogP contribution in [0.15, 0.2) is 60.7 Å². The number of aromatic amines is 1. The minimum Gasteiger partial charge on any atom is -0.496 e. The van der Waals surface area contributed by atoms with Crippen LogP contribution in [-0.4, -0.2) is 64.4 Å². The Morgan fingerprint density at radius 3 is 2.21 bits per heavy atom. The van der Waals surface area contributed by atoms with E-state index in [-0.39, 0.29) is 59.2 Å². The van der Waals surface area contributed by atoms with Crippen molar-refractivity contribution in [3.05, 3.63) is 94.4 Å². The van der Waals surface area contributed by atoms with E-state index in [1.54, 1.807) is 33.8 Å². The second-order valence-electron chi connectivity index (χ2n) is 14.8. The molecule has 0 bridgehead atoms. The van der Waals surface area contributed by atoms with Crippen LogP contribution in [0, 0.1) is 17.7 Å². The van der Waals surface area contributed by atoms with Gasteiger partial charge < -0.3 is 36.1 Å². The van der Waals surface area contributed by atoms with Crippen LogP contribution in [0.5, 0.6) is 5.75 Å². The third-order valence-electron chi connectivity index (χ3n) is 11.0. The predicted octanol–water partition coefficient (Wildman–Crippen LogP) is 6.32. The van der Waals surface area contributed by atoms with Crippen LogP contribution in [0.2, 0.25) is 0 Å². The van der Waals surface area contributed by atoms with Crippen molar-refractivity contribution >= 4 is 46.2 Å². The summed E-state index contributed by atoms with van der Waals surface area (Å²) in [6.07, 6.45) is -4.58. The minimum atomic E-state index is -4.69. The number of halogens is 4. The van der Waals surface area contributed by atoms with Crippen molar-refractivity contribution in [2.75, 3.05) is 12.4 Å². The number of methoxy groups -OCH3 is 1. The van der Waals surface area contributed by atoms with Gasteiger partial charge in [0, 0.05) is 23.2 Å². The lowest BCUT2D eigenvalue weighted by atomic mass is 9.78. The number of aromatic carboxylic acids is 1. The number of H-pyrrole nitrogens is 1. The van der Waals surface area contributed by atoms with Crippen molar-refractivity contribution in [1.82, 2.24) is 20.9 Å². The number of anilines is 1. The lowest BCUT2D eigenvalue weighted by molar-refractivity contribution is -0.138. The standard InChI is InChI=1S/C42H47F4N5O7/c1-6-22(3)34(37(53)47-25-15-16-32(58-5)27(20-25)39(55)56)50-40(57)41(18-17-31-28(21-41)26-12-10-13-29(36(26)48-31)42(44,45)46)51-38(54)35(23(4)7-2)49-33(52)19-24-11-8-9-14-30(24)43/h8-16,20,22-23,34-35,48H,6-7,17-19,21H2,1-5H3,(H,47,53)(H,49,52)(H,50,57)(H,51,54)(H,55,56). The van der Waals surface area contributed by atoms with Crippen LogP contribution in [0.1, 0.15) is 79.7 Å². The molecule has 5 atom stereocenters. The molecule has 1 aliphatic carbocycles. The molecule has 1 heterocycles. The van der Waals surface area contributed by atoms with Gasteiger partial charge in [-0.25, -0.2) is 9.18 Å². The van der Waals surface area contributed by atoms with Crippen LogP contribution < -0.4 is 26.0 Å². The summed E-state index contributed by atoms with van der Waals surface area (Å²) in [7, 11) is 1.30. The molecule has 0 saturated heterocycles. The number of nitrogens with one attached hydrogen (secondary N) is 5. The fourth-order valence-corrected chi connectivity index (χ4v) is 7.27. The number of para-hydroxylation sites is 1. The highest BCUT2D eigenvalue weighted by Gasteiger charge is 2.47. The Labute approximate surface area is 332 Å². The number of hydrogen-bond donors (Lipinski definition) is 6. The van der Waals surface area contributed by atoms with Crippen LogP contribution in [0.25, 0.3) is 10.9 Å². The van der Waals surface area contributed by atoms with Gasteiger partial charge in [0.15, 0.2) is 0 Å². The zero-order valence-corrected chi connectivity index (χ0v) is 32.7. The highest BCUT2D eigenvalue weighted by atomic mass is 19.4. The summed E-state index contributed by atoms with van der Waals surface area (Å²) < 4.78 is 61.9. The van der Waals surface area contributed by atoms with Gasteiger partial charge >= 0.3 is 12.1 Å². The normalized spacial score (nSPS) is 17.3. The fraction of sp³-hybridized carbons (Fsp3) is 0.405. The predicted molar refractivity (Wildman–Crippen MR) is 208 cm³/mol. The molecule has 6 N–H and O–H groups in total. The Kier molecular flexibility index (Phi) is 13.2. The molecular weight excluding hydrogens is 762 g/mol. The number of amides is 4. The lowest BCUT2D eigenvalue weighted by Crippen LogP contribution is -2.67. The van der Waals surface area contributed by atoms with Gasteiger partial charge in [-0.15, -0.1) is 0 Å². The average Bonchev–Trinajstić information content (AvgIpc) is 3.56. The van der Waals surface area contributed by atoms with Crippen molar-refractivity contribution in [2.24, 2.45) is 11.8 Å². The monoisotopic (exact) mass is 809 g/mol. The number of carbonyl (C=O) groups is 5. The largest absolute Gasteiger partial charge is 0.496 e. The smallest absolute Gasteiger partial charge is 0.418 e. The van der Waals surface area contributed by atoms with Crippen molar-refractivity contribution in [3.8, 4) is 5.75 Å². The first kappa shape index (κ1) is 43.2. The molecule has 4 aromatic rings. The number of benzene rings is 3. The van der Waals surface area contributed by atoms with E-state index in [1.807, 2.05) is 0 Å². The van der Waals surface area contributed by atoms with Crippen molar-refractivity contribution in [3.63, 3.8) is 0 Å². The van der Waals surface area contributed by atoms with Crippen molar-refractivity contribution < 1.29 is 51.4 Å². The van der Waals surface area contributed by atoms with E-state index in [9.17, 15) is 46.6 Å². The second kappa shape index (κ2) is 17.7. The molecule has 58 heavy (non-hydrogen) atoms. The first-order valence-electron chi connectivity index (χ1n) is 19.0. The molecule has 0 spiro atoms. The van der Waals surface area contributed by atoms with E-state index < -0.39 is 76.6 Å². The van der Waals surface area contributed by atoms with Crippen LogP contribution in [-0.2, 0) is 44.6 Å². The SMILES string of the molecule is CCC(C)C(NC(=O)Cc1ccccc1F)C(=O)NC1(C(=O)NC(C(=O)Nc2ccc(OC)c(C(=O)O)c2)C(C)CC)CCc2[nH]c3c(C(F)(F)F)cccc3c2C1. The zero-order valence-electron chi connectivity index (χ0n) is 32.7. The van der Waals surface area contributed by atoms with Gasteiger partial charge in [-0.2, -0.15) is 13.2 Å². The molecule has 4 amide bonds. The van der Waals surface area contributed by atoms with Gasteiger partial charge in [0.25, 0.3) is 0 Å². The maximum Gasteiger partial charge on any atom is 0.418 e. The van der Waals surface area contributed by atoms with Gasteiger partial charge in [0.2, 0.25) is 23.6 Å². The Hall–Kier alpha value is -5.93. The number of carboxylic acid groups (broad SMARTS) is 1. The van der Waals surface area contributed by atoms with Gasteiger partial charge in [-0.1, -0.05) is 70.9 Å². The number of aromatic nitrogens is 1. The number of hydrogen-bond acceptors (Lipinski definition) is 6. The Bertz CT molecular complexity index is 2210. The van der Waals surface area contributed by atoms with Crippen molar-refractivity contribution in [1.29, 1.82) is 0 Å². The number of carbonyl (C=O) groups excluding carboxylic acids is 4. The summed E-state index contributed by atoms with van der Waals surface area (Å²) in [5.41, 5.74) is -2.08. The van der Waals surface area contributed by atoms with E-state index in [0.717, 1.165) is 6.07 Å². The highest BCUT2D eigenvalue weighted by Crippen LogP contribution is 2.40. The summed E-state index contributed by atoms with van der Waals surface area (Å²) in [6, 6.07) is 11.0. The number of ether oxygens (including phenoxy) is 1. The third kappa shape index (κ3) is 9.27. The molecule has 0 fully saturated rings. The average molecular weight is 810 g/mol. The van der Waals surface area contributed by atoms with Gasteiger partial charge in [0.05, 0.1) is 24.6 Å². The van der Waals surface area contributed by atoms with E-state index in [2.05, 4.69) is 26.3 Å². The number of fused-ring (bicyclic) bond motifs is 3. The molecule has 1 aromatic heterocycles. The molecule has 0 radical (unpaired) electrons. The number of carboxylic acids is 1. The third-order valence-corrected chi connectivity index (χ3v) is 11.0. The molecule has 0 saturated carbocycles. The molecule has 3 aromatic carbocycles. The Morgan fingerprint density at radius 2 is 1.59 bits per heavy atom. The molecule has 12 nitrogen and oxygen atoms in total. The molecule has 16 heteroatoms. The Morgan fingerprint density at radius 1 is 0.914 bits per heavy atom. The molecule has 5 rings (SSSR count). The van der Waals surface area contributed by atoms with Crippen LogP contribution in [0.4, 0.5) is 23.2 Å². The van der Waals surface area contributed by atoms with Gasteiger partial charge in [0.1, 0.15) is 34.8 Å². The maximum absolute atomic E-state index is 14.8. The Balaban J connectivity index is 1.52. The first-order valence-corrected chi connectivity index (χ1v) is 19.0. The van der Waals surface area contributed by atoms with E-state index in [4.69, 9.17) is 4.74 Å². The summed E-state index contributed by atoms with van der Waals surface area (Å²) in [4.78, 5) is 71.1. The minimum absolute atomic E-state index is 0.0344. The topological polar surface area (TPSA) is 179 Å². The molecular formula is C42H47F4N5O7. The zero-order chi connectivity index (χ0) is 42.5. The second-order valence-corrected chi connectivity index (χ2v) is 14.8. The van der Waals surface area contributed by atoms with Gasteiger partial charge in [-0.3, -0.25) is 19.2 Å². The van der Waals surface area contributed by atoms with Gasteiger partial charge in [-0.05, 0) is 66.1 Å². The number of alkyl halides is 3. The molecule has 5 unspecified atom stereocenters. The summed E-state index contributed by atoms with van der Waals surface area (Å²) in [6.45, 7) is 7.02. The van der Waals surface area contributed by atoms with Crippen LogP contribution in [0.3, 0.4) is 0 Å². The lowest BCUT2D eigenvalue weighted by Gasteiger charge is -2.39. The molecule has 310 valence electrons. The van der Waals surface area contributed by atoms with Crippen LogP contribution >= 0.6 is 0 Å². The maximum atomic E-state index is 14.8. The summed E-state index contributed by atoms with van der Waals surface area (Å²) >= 11 is 0. The van der Waals surface area contributed by atoms with E-state index in [1.165, 1.54) is 55.6 Å². The quantitative estimate of drug-likeness (QED) is 0.0761. The first-order chi connectivity index (χ1) is 27.4. The van der Waals surface area contributed by atoms with Crippen molar-refractivity contribution in [2.45, 2.75) is 90.0 Å². The highest BCUT2D eigenvalue weighted by molar-refractivity contribution is 6.02. The van der Waals surface area contributed by atoms with E-state index >= 15 is 0 Å².